The van der Waals surface area contributed by atoms with E-state index in [4.69, 9.17) is 9.47 Å². The number of carbonyl (C=O) groups is 2. The molecule has 0 aromatic heterocycles. The van der Waals surface area contributed by atoms with Gasteiger partial charge in [0.25, 0.3) is 0 Å². The summed E-state index contributed by atoms with van der Waals surface area (Å²) in [4.78, 5) is 23.6. The number of hydrogen-bond donors (Lipinski definition) is 3. The van der Waals surface area contributed by atoms with Crippen LogP contribution in [0, 0.1) is 5.92 Å². The fourth-order valence-corrected chi connectivity index (χ4v) is 5.41. The third-order valence-electron chi connectivity index (χ3n) is 6.51. The summed E-state index contributed by atoms with van der Waals surface area (Å²) < 4.78 is 13.0. The standard InChI is InChI=1S/C30H34N2O5S/c1-19-28(18-38-27-14-12-26(13-15-27)32-21(3)35)36-30(25-10-4-22(5-11-25)16-31-20(2)34)37-29(19)24-8-6-23(17-33)7-9-24/h4-15,19,28-30,33H,16-18H2,1-3H3,(H,31,34)(H,32,35). The molecular formula is C30H34N2O5S. The van der Waals surface area contributed by atoms with Gasteiger partial charge in [-0.25, -0.2) is 0 Å². The minimum absolute atomic E-state index is 0.00206. The zero-order valence-corrected chi connectivity index (χ0v) is 22.7. The number of amides is 2. The van der Waals surface area contributed by atoms with Crippen LogP contribution in [0.5, 0.6) is 0 Å². The van der Waals surface area contributed by atoms with Crippen molar-refractivity contribution in [2.75, 3.05) is 11.1 Å². The van der Waals surface area contributed by atoms with Crippen LogP contribution in [-0.2, 0) is 32.2 Å². The molecule has 0 aliphatic carbocycles. The number of benzene rings is 3. The summed E-state index contributed by atoms with van der Waals surface area (Å²) in [6.45, 7) is 5.61. The normalized spacial score (nSPS) is 21.1. The lowest BCUT2D eigenvalue weighted by Crippen LogP contribution is -2.38. The molecule has 1 saturated heterocycles. The van der Waals surface area contributed by atoms with E-state index in [0.717, 1.165) is 38.6 Å². The van der Waals surface area contributed by atoms with Gasteiger partial charge in [0.1, 0.15) is 0 Å². The van der Waals surface area contributed by atoms with Crippen LogP contribution in [0.4, 0.5) is 5.69 Å². The van der Waals surface area contributed by atoms with Gasteiger partial charge in [-0.05, 0) is 41.0 Å². The minimum Gasteiger partial charge on any atom is -0.392 e. The molecule has 0 radical (unpaired) electrons. The Morgan fingerprint density at radius 1 is 0.842 bits per heavy atom. The molecule has 3 aromatic rings. The van der Waals surface area contributed by atoms with Crippen LogP contribution in [-0.4, -0.2) is 28.8 Å². The van der Waals surface area contributed by atoms with Crippen LogP contribution in [0.3, 0.4) is 0 Å². The Labute approximate surface area is 227 Å². The number of aliphatic hydroxyl groups is 1. The lowest BCUT2D eigenvalue weighted by Gasteiger charge is -2.41. The number of rotatable bonds is 9. The Kier molecular flexibility index (Phi) is 9.58. The van der Waals surface area contributed by atoms with Crippen molar-refractivity contribution in [3.8, 4) is 0 Å². The first-order valence-corrected chi connectivity index (χ1v) is 13.7. The summed E-state index contributed by atoms with van der Waals surface area (Å²) in [6.07, 6.45) is -0.820. The second-order valence-electron chi connectivity index (χ2n) is 9.49. The van der Waals surface area contributed by atoms with Gasteiger partial charge >= 0.3 is 0 Å². The van der Waals surface area contributed by atoms with Crippen LogP contribution in [0.25, 0.3) is 0 Å². The summed E-state index contributed by atoms with van der Waals surface area (Å²) >= 11 is 1.70. The van der Waals surface area contributed by atoms with Crippen molar-refractivity contribution in [1.82, 2.24) is 5.32 Å². The lowest BCUT2D eigenvalue weighted by atomic mass is 9.91. The number of anilines is 1. The number of aliphatic hydroxyl groups excluding tert-OH is 1. The Balaban J connectivity index is 1.51. The van der Waals surface area contributed by atoms with E-state index in [1.54, 1.807) is 11.8 Å². The minimum atomic E-state index is -0.545. The van der Waals surface area contributed by atoms with Gasteiger partial charge in [-0.15, -0.1) is 11.8 Å². The Hall–Kier alpha value is -3.17. The molecule has 38 heavy (non-hydrogen) atoms. The molecule has 8 heteroatoms. The molecule has 4 rings (SSSR count). The second-order valence-corrected chi connectivity index (χ2v) is 10.6. The molecule has 1 heterocycles. The highest BCUT2D eigenvalue weighted by Crippen LogP contribution is 2.43. The van der Waals surface area contributed by atoms with E-state index in [-0.39, 0.29) is 36.5 Å². The largest absolute Gasteiger partial charge is 0.392 e. The molecule has 1 aliphatic heterocycles. The fraction of sp³-hybridized carbons (Fsp3) is 0.333. The summed E-state index contributed by atoms with van der Waals surface area (Å²) in [5.74, 6) is 0.646. The molecule has 0 bridgehead atoms. The van der Waals surface area contributed by atoms with Crippen molar-refractivity contribution in [1.29, 1.82) is 0 Å². The number of nitrogens with one attached hydrogen (secondary N) is 2. The van der Waals surface area contributed by atoms with Gasteiger partial charge in [0.15, 0.2) is 6.29 Å². The smallest absolute Gasteiger partial charge is 0.221 e. The third kappa shape index (κ3) is 7.45. The van der Waals surface area contributed by atoms with Crippen molar-refractivity contribution in [3.63, 3.8) is 0 Å². The zero-order valence-electron chi connectivity index (χ0n) is 21.8. The van der Waals surface area contributed by atoms with Gasteiger partial charge in [0, 0.05) is 48.2 Å². The monoisotopic (exact) mass is 534 g/mol. The van der Waals surface area contributed by atoms with Crippen molar-refractivity contribution in [2.24, 2.45) is 5.92 Å². The van der Waals surface area contributed by atoms with Gasteiger partial charge < -0.3 is 25.2 Å². The third-order valence-corrected chi connectivity index (χ3v) is 7.61. The molecule has 4 atom stereocenters. The van der Waals surface area contributed by atoms with Crippen LogP contribution < -0.4 is 10.6 Å². The zero-order chi connectivity index (χ0) is 27.1. The fourth-order valence-electron chi connectivity index (χ4n) is 4.35. The van der Waals surface area contributed by atoms with E-state index < -0.39 is 6.29 Å². The maximum atomic E-state index is 11.3. The van der Waals surface area contributed by atoms with Crippen LogP contribution in [0.15, 0.2) is 77.7 Å². The van der Waals surface area contributed by atoms with E-state index in [1.165, 1.54) is 13.8 Å². The van der Waals surface area contributed by atoms with Crippen molar-refractivity contribution < 1.29 is 24.2 Å². The maximum absolute atomic E-state index is 11.3. The highest BCUT2D eigenvalue weighted by molar-refractivity contribution is 7.99. The summed E-state index contributed by atoms with van der Waals surface area (Å²) in [6, 6.07) is 23.6. The van der Waals surface area contributed by atoms with Crippen LogP contribution >= 0.6 is 11.8 Å². The first-order valence-electron chi connectivity index (χ1n) is 12.7. The molecule has 0 saturated carbocycles. The number of hydrogen-bond acceptors (Lipinski definition) is 6. The van der Waals surface area contributed by atoms with E-state index in [2.05, 4.69) is 17.6 Å². The van der Waals surface area contributed by atoms with Crippen molar-refractivity contribution in [3.05, 3.63) is 95.1 Å². The summed E-state index contributed by atoms with van der Waals surface area (Å²) in [5, 5.41) is 15.1. The maximum Gasteiger partial charge on any atom is 0.221 e. The molecule has 1 aliphatic rings. The summed E-state index contributed by atoms with van der Waals surface area (Å²) in [5.41, 5.74) is 4.58. The molecule has 3 N–H and O–H groups in total. The van der Waals surface area contributed by atoms with E-state index >= 15 is 0 Å². The highest BCUT2D eigenvalue weighted by Gasteiger charge is 2.38. The molecule has 0 spiro atoms. The van der Waals surface area contributed by atoms with Gasteiger partial charge in [-0.3, -0.25) is 9.59 Å². The van der Waals surface area contributed by atoms with Crippen molar-refractivity contribution >= 4 is 29.3 Å². The number of ether oxygens (including phenoxy) is 2. The van der Waals surface area contributed by atoms with E-state index in [9.17, 15) is 14.7 Å². The predicted molar refractivity (Wildman–Crippen MR) is 148 cm³/mol. The summed E-state index contributed by atoms with van der Waals surface area (Å²) in [7, 11) is 0. The van der Waals surface area contributed by atoms with E-state index in [0.29, 0.717) is 6.54 Å². The Morgan fingerprint density at radius 2 is 1.47 bits per heavy atom. The molecule has 2 amide bonds. The second kappa shape index (κ2) is 13.1. The molecular weight excluding hydrogens is 500 g/mol. The first-order chi connectivity index (χ1) is 18.3. The topological polar surface area (TPSA) is 96.9 Å². The highest BCUT2D eigenvalue weighted by atomic mass is 32.2. The molecule has 7 nitrogen and oxygen atoms in total. The predicted octanol–water partition coefficient (Wildman–Crippen LogP) is 5.36. The number of thioether (sulfide) groups is 1. The van der Waals surface area contributed by atoms with Crippen molar-refractivity contribution in [2.45, 2.75) is 57.3 Å². The molecule has 200 valence electrons. The lowest BCUT2D eigenvalue weighted by molar-refractivity contribution is -0.268. The average molecular weight is 535 g/mol. The molecule has 1 fully saturated rings. The Bertz CT molecular complexity index is 1210. The van der Waals surface area contributed by atoms with Gasteiger partial charge in [-0.1, -0.05) is 55.5 Å². The average Bonchev–Trinajstić information content (AvgIpc) is 2.92. The van der Waals surface area contributed by atoms with Crippen LogP contribution in [0.1, 0.15) is 55.4 Å². The van der Waals surface area contributed by atoms with Gasteiger partial charge in [0.05, 0.1) is 18.8 Å². The Morgan fingerprint density at radius 3 is 2.08 bits per heavy atom. The SMILES string of the molecule is CC(=O)NCc1ccc(C2OC(CSc3ccc(NC(C)=O)cc3)C(C)C(c3ccc(CO)cc3)O2)cc1. The van der Waals surface area contributed by atoms with Gasteiger partial charge in [-0.2, -0.15) is 0 Å². The van der Waals surface area contributed by atoms with Gasteiger partial charge in [0.2, 0.25) is 11.8 Å². The molecule has 4 unspecified atom stereocenters. The quantitative estimate of drug-likeness (QED) is 0.320. The van der Waals surface area contributed by atoms with Crippen LogP contribution in [0.2, 0.25) is 0 Å². The first kappa shape index (κ1) is 27.9. The number of carbonyl (C=O) groups excluding carboxylic acids is 2. The van der Waals surface area contributed by atoms with E-state index in [1.807, 2.05) is 72.8 Å². The molecule has 3 aromatic carbocycles.